The Hall–Kier alpha value is -3.73. The number of aryl methyl sites for hydroxylation is 4. The van der Waals surface area contributed by atoms with Crippen LogP contribution in [0.4, 0.5) is 23.3 Å². The van der Waals surface area contributed by atoms with Crippen LogP contribution in [0.2, 0.25) is 0 Å². The second kappa shape index (κ2) is 27.1. The van der Waals surface area contributed by atoms with Crippen molar-refractivity contribution in [2.45, 2.75) is 202 Å². The second-order valence-electron chi connectivity index (χ2n) is 16.8. The molecule has 0 saturated heterocycles. The fourth-order valence-corrected chi connectivity index (χ4v) is 8.33. The first-order valence-electron chi connectivity index (χ1n) is 23.9. The van der Waals surface area contributed by atoms with E-state index in [0.717, 1.165) is 49.0 Å². The van der Waals surface area contributed by atoms with Gasteiger partial charge in [0.1, 0.15) is 0 Å². The summed E-state index contributed by atoms with van der Waals surface area (Å²) < 4.78 is 0. The Bertz CT molecular complexity index is 1580. The number of nitrogens with one attached hydrogen (secondary N) is 2. The molecule has 0 aliphatic carbocycles. The van der Waals surface area contributed by atoms with Crippen molar-refractivity contribution in [1.82, 2.24) is 15.0 Å². The fraction of sp³-hybridized carbons (Fsp3) is 0.585. The van der Waals surface area contributed by atoms with Gasteiger partial charge in [-0.05, 0) is 154 Å². The normalized spacial score (nSPS) is 11.4. The minimum atomic E-state index is 0.578. The van der Waals surface area contributed by atoms with Gasteiger partial charge in [0.2, 0.25) is 11.9 Å². The molecule has 0 spiro atoms. The molecule has 0 atom stereocenters. The van der Waals surface area contributed by atoms with Crippen LogP contribution >= 0.6 is 0 Å². The molecule has 1 heterocycles. The van der Waals surface area contributed by atoms with Gasteiger partial charge in [-0.15, -0.1) is 0 Å². The molecule has 1 radical (unpaired) electrons. The average molecular weight is 787 g/mol. The van der Waals surface area contributed by atoms with Crippen molar-refractivity contribution in [2.24, 2.45) is 0 Å². The van der Waals surface area contributed by atoms with Gasteiger partial charge in [0.15, 0.2) is 5.82 Å². The first-order chi connectivity index (χ1) is 28.5. The third-order valence-corrected chi connectivity index (χ3v) is 11.8. The molecule has 0 saturated carbocycles. The van der Waals surface area contributed by atoms with Crippen LogP contribution in [0.3, 0.4) is 0 Å². The Balaban J connectivity index is 1.81. The molecule has 0 aliphatic heterocycles. The summed E-state index contributed by atoms with van der Waals surface area (Å²) in [6, 6.07) is 18.1. The molecular formula is C53H80N5. The number of hydrogen-bond donors (Lipinski definition) is 2. The summed E-state index contributed by atoms with van der Waals surface area (Å²) in [4.78, 5) is 15.3. The predicted octanol–water partition coefficient (Wildman–Crippen LogP) is 15.8. The zero-order valence-corrected chi connectivity index (χ0v) is 37.8. The molecular weight excluding hydrogens is 707 g/mol. The molecule has 0 aliphatic rings. The molecule has 317 valence electrons. The molecule has 2 N–H and O–H groups in total. The fourth-order valence-electron chi connectivity index (χ4n) is 8.33. The predicted molar refractivity (Wildman–Crippen MR) is 253 cm³/mol. The highest BCUT2D eigenvalue weighted by Crippen LogP contribution is 2.31. The van der Waals surface area contributed by atoms with Crippen molar-refractivity contribution in [1.29, 1.82) is 0 Å². The highest BCUT2D eigenvalue weighted by molar-refractivity contribution is 5.66. The van der Waals surface area contributed by atoms with Gasteiger partial charge in [-0.1, -0.05) is 143 Å². The third kappa shape index (κ3) is 15.5. The maximum Gasteiger partial charge on any atom is 0.232 e. The van der Waals surface area contributed by atoms with Crippen LogP contribution < -0.4 is 10.6 Å². The van der Waals surface area contributed by atoms with Gasteiger partial charge in [-0.25, -0.2) is 0 Å². The summed E-state index contributed by atoms with van der Waals surface area (Å²) in [5, 5.41) is 7.47. The van der Waals surface area contributed by atoms with Crippen LogP contribution in [-0.4, -0.2) is 15.0 Å². The van der Waals surface area contributed by atoms with E-state index in [1.54, 1.807) is 11.1 Å². The number of nitrogens with zero attached hydrogens (tertiary/aromatic N) is 3. The van der Waals surface area contributed by atoms with Crippen molar-refractivity contribution in [3.05, 3.63) is 94.4 Å². The Kier molecular flexibility index (Phi) is 21.9. The van der Waals surface area contributed by atoms with Gasteiger partial charge < -0.3 is 10.6 Å². The molecule has 3 aromatic carbocycles. The zero-order valence-electron chi connectivity index (χ0n) is 37.8. The minimum Gasteiger partial charge on any atom is -0.324 e. The van der Waals surface area contributed by atoms with E-state index in [1.807, 2.05) is 0 Å². The molecule has 0 amide bonds. The number of aromatic nitrogens is 3. The molecule has 5 nitrogen and oxygen atoms in total. The molecule has 4 aromatic rings. The standard InChI is InChI=1S/C53H80N5/c1-8-15-21-27-43-37-47(38-44(28-22-16-9-2)49(43)31-25-19-12-5)54-52-56-51(42-35-33-41(14-7)34-36-42)57-53(58-52)55-48-39-45(29-23-17-10-3)50(32-26-20-13-6)46(40-48)30-24-18-11-4/h33-40H,7-32H2,1-6H3,(H2,54,55,56,57,58). The van der Waals surface area contributed by atoms with Crippen LogP contribution in [0.1, 0.15) is 196 Å². The summed E-state index contributed by atoms with van der Waals surface area (Å²) in [6.45, 7) is 17.9. The van der Waals surface area contributed by atoms with Crippen molar-refractivity contribution < 1.29 is 0 Å². The van der Waals surface area contributed by atoms with Crippen LogP contribution in [-0.2, 0) is 44.9 Å². The van der Waals surface area contributed by atoms with Gasteiger partial charge in [-0.3, -0.25) is 0 Å². The van der Waals surface area contributed by atoms with E-state index >= 15 is 0 Å². The molecule has 5 heteroatoms. The number of hydrogen-bond acceptors (Lipinski definition) is 5. The lowest BCUT2D eigenvalue weighted by Crippen LogP contribution is -2.09. The zero-order chi connectivity index (χ0) is 41.4. The smallest absolute Gasteiger partial charge is 0.232 e. The van der Waals surface area contributed by atoms with Crippen LogP contribution in [0.25, 0.3) is 11.4 Å². The summed E-state index contributed by atoms with van der Waals surface area (Å²) in [5.41, 5.74) is 13.5. The first kappa shape index (κ1) is 47.0. The van der Waals surface area contributed by atoms with Crippen molar-refractivity contribution in [2.75, 3.05) is 10.6 Å². The molecule has 0 unspecified atom stereocenters. The van der Waals surface area contributed by atoms with Gasteiger partial charge in [0.05, 0.1) is 0 Å². The lowest BCUT2D eigenvalue weighted by Gasteiger charge is -2.20. The third-order valence-electron chi connectivity index (χ3n) is 11.8. The number of unbranched alkanes of at least 4 members (excludes halogenated alkanes) is 12. The molecule has 1 aromatic heterocycles. The van der Waals surface area contributed by atoms with E-state index in [2.05, 4.69) is 108 Å². The molecule has 4 rings (SSSR count). The topological polar surface area (TPSA) is 62.7 Å². The van der Waals surface area contributed by atoms with Gasteiger partial charge in [0, 0.05) is 16.9 Å². The Labute approximate surface area is 355 Å². The van der Waals surface area contributed by atoms with E-state index in [4.69, 9.17) is 15.0 Å². The Morgan fingerprint density at radius 2 is 0.741 bits per heavy atom. The number of benzene rings is 3. The van der Waals surface area contributed by atoms with Crippen molar-refractivity contribution >= 4 is 23.3 Å². The maximum atomic E-state index is 5.12. The van der Waals surface area contributed by atoms with Crippen LogP contribution in [0.5, 0.6) is 0 Å². The van der Waals surface area contributed by atoms with E-state index in [-0.39, 0.29) is 0 Å². The highest BCUT2D eigenvalue weighted by Gasteiger charge is 2.17. The van der Waals surface area contributed by atoms with Crippen molar-refractivity contribution in [3.63, 3.8) is 0 Å². The van der Waals surface area contributed by atoms with E-state index < -0.39 is 0 Å². The van der Waals surface area contributed by atoms with E-state index in [9.17, 15) is 0 Å². The van der Waals surface area contributed by atoms with Gasteiger partial charge in [0.25, 0.3) is 0 Å². The van der Waals surface area contributed by atoms with E-state index in [1.165, 1.54) is 156 Å². The largest absolute Gasteiger partial charge is 0.324 e. The summed E-state index contributed by atoms with van der Waals surface area (Å²) in [6.07, 6.45) is 30.0. The monoisotopic (exact) mass is 787 g/mol. The summed E-state index contributed by atoms with van der Waals surface area (Å²) in [5.74, 6) is 1.82. The highest BCUT2D eigenvalue weighted by atomic mass is 15.2. The van der Waals surface area contributed by atoms with E-state index in [0.29, 0.717) is 17.7 Å². The Morgan fingerprint density at radius 1 is 0.414 bits per heavy atom. The van der Waals surface area contributed by atoms with Crippen LogP contribution in [0, 0.1) is 6.92 Å². The quantitative estimate of drug-likeness (QED) is 0.0516. The summed E-state index contributed by atoms with van der Waals surface area (Å²) in [7, 11) is 0. The van der Waals surface area contributed by atoms with Crippen molar-refractivity contribution in [3.8, 4) is 11.4 Å². The lowest BCUT2D eigenvalue weighted by atomic mass is 9.89. The average Bonchev–Trinajstić information content (AvgIpc) is 3.23. The number of anilines is 4. The van der Waals surface area contributed by atoms with Gasteiger partial charge in [-0.2, -0.15) is 15.0 Å². The Morgan fingerprint density at radius 3 is 1.05 bits per heavy atom. The number of rotatable bonds is 30. The molecule has 0 bridgehead atoms. The first-order valence-corrected chi connectivity index (χ1v) is 23.9. The molecule has 0 fully saturated rings. The minimum absolute atomic E-state index is 0.578. The lowest BCUT2D eigenvalue weighted by molar-refractivity contribution is 0.678. The maximum absolute atomic E-state index is 5.12. The van der Waals surface area contributed by atoms with Gasteiger partial charge >= 0.3 is 0 Å². The second-order valence-corrected chi connectivity index (χ2v) is 16.8. The summed E-state index contributed by atoms with van der Waals surface area (Å²) >= 11 is 0. The van der Waals surface area contributed by atoms with Crippen LogP contribution in [0.15, 0.2) is 48.5 Å². The molecule has 58 heavy (non-hydrogen) atoms. The SMILES string of the molecule is [CH2]Cc1ccc(-c2nc(Nc3cc(CCCCC)c(CCCCC)c(CCCCC)c3)nc(Nc3cc(CCCCC)c(CCCCC)c(CCCCC)c3)n2)cc1.